The third-order valence-electron chi connectivity index (χ3n) is 2.35. The van der Waals surface area contributed by atoms with Crippen LogP contribution in [0.4, 0.5) is 5.69 Å². The number of hydrogen-bond acceptors (Lipinski definition) is 3. The molecule has 0 aliphatic rings. The number of sulfonamides is 1. The smallest absolute Gasteiger partial charge is 0.265 e. The Labute approximate surface area is 119 Å². The highest BCUT2D eigenvalue weighted by Gasteiger charge is 2.19. The maximum Gasteiger partial charge on any atom is 0.265 e. The summed E-state index contributed by atoms with van der Waals surface area (Å²) in [6.45, 7) is 1.67. The van der Waals surface area contributed by atoms with Crippen molar-refractivity contribution in [3.05, 3.63) is 39.7 Å². The maximum absolute atomic E-state index is 12.2. The Hall–Kier alpha value is -1.09. The first-order valence-corrected chi connectivity index (χ1v) is 7.73. The molecule has 1 aromatic heterocycles. The van der Waals surface area contributed by atoms with Crippen LogP contribution >= 0.6 is 22.6 Å². The van der Waals surface area contributed by atoms with Gasteiger partial charge in [-0.25, -0.2) is 8.42 Å². The molecule has 0 fully saturated rings. The van der Waals surface area contributed by atoms with Gasteiger partial charge in [-0.3, -0.25) is 9.40 Å². The minimum atomic E-state index is -3.57. The summed E-state index contributed by atoms with van der Waals surface area (Å²) in [4.78, 5) is 0.198. The number of halogens is 1. The van der Waals surface area contributed by atoms with Crippen LogP contribution in [0.2, 0.25) is 0 Å². The molecule has 0 amide bonds. The molecule has 5 nitrogen and oxygen atoms in total. The summed E-state index contributed by atoms with van der Waals surface area (Å²) in [6, 6.07) is 7.14. The van der Waals surface area contributed by atoms with Crippen LogP contribution in [0, 0.1) is 10.5 Å². The summed E-state index contributed by atoms with van der Waals surface area (Å²) in [6.07, 6.45) is 1.49. The fraction of sp³-hybridized carbons (Fsp3) is 0.182. The van der Waals surface area contributed by atoms with Gasteiger partial charge in [-0.15, -0.1) is 0 Å². The molecule has 2 rings (SSSR count). The second kappa shape index (κ2) is 4.88. The molecule has 0 spiro atoms. The molecular weight excluding hydrogens is 365 g/mol. The van der Waals surface area contributed by atoms with Crippen molar-refractivity contribution in [3.63, 3.8) is 0 Å². The van der Waals surface area contributed by atoms with E-state index in [2.05, 4.69) is 32.4 Å². The van der Waals surface area contributed by atoms with Gasteiger partial charge in [0.15, 0.2) is 0 Å². The molecular formula is C11H12IN3O2S. The predicted molar refractivity (Wildman–Crippen MR) is 77.9 cm³/mol. The molecule has 96 valence electrons. The van der Waals surface area contributed by atoms with Gasteiger partial charge >= 0.3 is 0 Å². The van der Waals surface area contributed by atoms with Crippen molar-refractivity contribution < 1.29 is 8.42 Å². The van der Waals surface area contributed by atoms with E-state index in [4.69, 9.17) is 0 Å². The van der Waals surface area contributed by atoms with Gasteiger partial charge in [0.2, 0.25) is 0 Å². The first kappa shape index (κ1) is 13.3. The molecule has 0 aliphatic carbocycles. The number of aromatic nitrogens is 2. The van der Waals surface area contributed by atoms with Crippen LogP contribution in [0.5, 0.6) is 0 Å². The molecule has 0 saturated carbocycles. The van der Waals surface area contributed by atoms with Crippen molar-refractivity contribution >= 4 is 38.3 Å². The third kappa shape index (κ3) is 2.83. The minimum absolute atomic E-state index is 0.198. The van der Waals surface area contributed by atoms with E-state index < -0.39 is 10.0 Å². The number of nitrogens with zero attached hydrogens (tertiary/aromatic N) is 2. The van der Waals surface area contributed by atoms with Crippen LogP contribution in [0.15, 0.2) is 35.4 Å². The largest absolute Gasteiger partial charge is 0.280 e. The van der Waals surface area contributed by atoms with E-state index in [0.29, 0.717) is 11.4 Å². The molecule has 18 heavy (non-hydrogen) atoms. The quantitative estimate of drug-likeness (QED) is 0.834. The second-order valence-corrected chi connectivity index (χ2v) is 6.76. The van der Waals surface area contributed by atoms with Gasteiger partial charge in [-0.1, -0.05) is 0 Å². The molecule has 1 aromatic carbocycles. The van der Waals surface area contributed by atoms with Crippen LogP contribution in [0.25, 0.3) is 0 Å². The lowest BCUT2D eigenvalue weighted by Gasteiger charge is -2.06. The summed E-state index contributed by atoms with van der Waals surface area (Å²) >= 11 is 2.16. The molecule has 1 heterocycles. The van der Waals surface area contributed by atoms with E-state index in [-0.39, 0.29) is 4.90 Å². The van der Waals surface area contributed by atoms with Crippen molar-refractivity contribution in [2.45, 2.75) is 11.8 Å². The fourth-order valence-electron chi connectivity index (χ4n) is 1.57. The van der Waals surface area contributed by atoms with E-state index in [9.17, 15) is 8.42 Å². The van der Waals surface area contributed by atoms with Crippen LogP contribution in [0.1, 0.15) is 5.69 Å². The van der Waals surface area contributed by atoms with E-state index in [1.165, 1.54) is 10.9 Å². The van der Waals surface area contributed by atoms with Crippen molar-refractivity contribution in [2.24, 2.45) is 7.05 Å². The SMILES string of the molecule is Cc1nn(C)cc1S(=O)(=O)Nc1ccc(I)cc1. The average molecular weight is 377 g/mol. The molecule has 2 aromatic rings. The lowest BCUT2D eigenvalue weighted by Crippen LogP contribution is -2.13. The van der Waals surface area contributed by atoms with Crippen molar-refractivity contribution in [2.75, 3.05) is 4.72 Å². The van der Waals surface area contributed by atoms with E-state index in [0.717, 1.165) is 3.57 Å². The number of rotatable bonds is 3. The van der Waals surface area contributed by atoms with Gasteiger partial charge < -0.3 is 0 Å². The van der Waals surface area contributed by atoms with Crippen LogP contribution in [-0.4, -0.2) is 18.2 Å². The molecule has 1 N–H and O–H groups in total. The summed E-state index contributed by atoms with van der Waals surface area (Å²) in [5.74, 6) is 0. The van der Waals surface area contributed by atoms with Crippen LogP contribution in [-0.2, 0) is 17.1 Å². The first-order chi connectivity index (χ1) is 8.38. The number of nitrogens with one attached hydrogen (secondary N) is 1. The number of anilines is 1. The Kier molecular flexibility index (Phi) is 3.62. The summed E-state index contributed by atoms with van der Waals surface area (Å²) in [5, 5.41) is 4.03. The molecule has 0 unspecified atom stereocenters. The van der Waals surface area contributed by atoms with Gasteiger partial charge in [-0.05, 0) is 53.8 Å². The zero-order valence-corrected chi connectivity index (χ0v) is 12.9. The van der Waals surface area contributed by atoms with Crippen molar-refractivity contribution in [3.8, 4) is 0 Å². The Morgan fingerprint density at radius 1 is 1.28 bits per heavy atom. The monoisotopic (exact) mass is 377 g/mol. The Bertz CT molecular complexity index is 662. The van der Waals surface area contributed by atoms with Gasteiger partial charge in [0.25, 0.3) is 10.0 Å². The van der Waals surface area contributed by atoms with Crippen molar-refractivity contribution in [1.82, 2.24) is 9.78 Å². The number of benzene rings is 1. The van der Waals surface area contributed by atoms with Crippen LogP contribution in [0.3, 0.4) is 0 Å². The zero-order chi connectivity index (χ0) is 13.3. The topological polar surface area (TPSA) is 64.0 Å². The maximum atomic E-state index is 12.2. The number of aryl methyl sites for hydroxylation is 2. The number of hydrogen-bond donors (Lipinski definition) is 1. The normalized spacial score (nSPS) is 11.5. The fourth-order valence-corrected chi connectivity index (χ4v) is 3.21. The summed E-state index contributed by atoms with van der Waals surface area (Å²) < 4.78 is 29.4. The highest BCUT2D eigenvalue weighted by atomic mass is 127. The molecule has 7 heteroatoms. The zero-order valence-electron chi connectivity index (χ0n) is 9.88. The predicted octanol–water partition coefficient (Wildman–Crippen LogP) is 2.13. The van der Waals surface area contributed by atoms with Gasteiger partial charge in [-0.2, -0.15) is 5.10 Å². The van der Waals surface area contributed by atoms with Gasteiger partial charge in [0.05, 0.1) is 5.69 Å². The summed E-state index contributed by atoms with van der Waals surface area (Å²) in [7, 11) is -1.88. The third-order valence-corrected chi connectivity index (χ3v) is 4.56. The van der Waals surface area contributed by atoms with Gasteiger partial charge in [0, 0.05) is 22.5 Å². The lowest BCUT2D eigenvalue weighted by molar-refractivity contribution is 0.600. The Morgan fingerprint density at radius 2 is 1.89 bits per heavy atom. The highest BCUT2D eigenvalue weighted by molar-refractivity contribution is 14.1. The highest BCUT2D eigenvalue weighted by Crippen LogP contribution is 2.18. The van der Waals surface area contributed by atoms with Gasteiger partial charge in [0.1, 0.15) is 4.90 Å². The van der Waals surface area contributed by atoms with Crippen LogP contribution < -0.4 is 4.72 Å². The van der Waals surface area contributed by atoms with E-state index >= 15 is 0 Å². The standard InChI is InChI=1S/C11H12IN3O2S/c1-8-11(7-15(2)13-8)18(16,17)14-10-5-3-9(12)4-6-10/h3-7,14H,1-2H3. The lowest BCUT2D eigenvalue weighted by atomic mass is 10.3. The Balaban J connectivity index is 2.33. The summed E-state index contributed by atoms with van der Waals surface area (Å²) in [5.41, 5.74) is 1.02. The molecule has 0 saturated heterocycles. The molecule has 0 bridgehead atoms. The second-order valence-electron chi connectivity index (χ2n) is 3.86. The Morgan fingerprint density at radius 3 is 2.39 bits per heavy atom. The molecule has 0 atom stereocenters. The molecule has 0 radical (unpaired) electrons. The van der Waals surface area contributed by atoms with E-state index in [1.807, 2.05) is 12.1 Å². The first-order valence-electron chi connectivity index (χ1n) is 5.17. The average Bonchev–Trinajstić information content (AvgIpc) is 2.62. The van der Waals surface area contributed by atoms with Crippen molar-refractivity contribution in [1.29, 1.82) is 0 Å². The minimum Gasteiger partial charge on any atom is -0.280 e. The van der Waals surface area contributed by atoms with E-state index in [1.54, 1.807) is 26.1 Å². The molecule has 0 aliphatic heterocycles.